The summed E-state index contributed by atoms with van der Waals surface area (Å²) in [5.74, 6) is 0.657. The fourth-order valence-corrected chi connectivity index (χ4v) is 2.91. The van der Waals surface area contributed by atoms with E-state index in [0.29, 0.717) is 39.0 Å². The minimum atomic E-state index is -0.291. The van der Waals surface area contributed by atoms with E-state index in [-0.39, 0.29) is 18.6 Å². The summed E-state index contributed by atoms with van der Waals surface area (Å²) in [7, 11) is 0. The highest BCUT2D eigenvalue weighted by atomic mass is 35.5. The summed E-state index contributed by atoms with van der Waals surface area (Å²) in [5.41, 5.74) is 2.05. The number of rotatable bonds is 4. The van der Waals surface area contributed by atoms with Crippen LogP contribution in [-0.4, -0.2) is 18.6 Å². The standard InChI is InChI=1S/C21H15ClN2O4/c22-15-2-1-3-16(10-15)23-20(25)13-4-6-14(7-5-13)21(26)24-17-8-9-18-19(11-17)28-12-27-18/h1-11H,12H2,(H,23,25)(H,24,26). The molecule has 0 unspecified atom stereocenters. The summed E-state index contributed by atoms with van der Waals surface area (Å²) in [5, 5.41) is 6.09. The van der Waals surface area contributed by atoms with Gasteiger partial charge in [0.05, 0.1) is 0 Å². The van der Waals surface area contributed by atoms with Gasteiger partial charge in [-0.3, -0.25) is 9.59 Å². The first-order valence-corrected chi connectivity index (χ1v) is 8.84. The Morgan fingerprint density at radius 1 is 0.750 bits per heavy atom. The van der Waals surface area contributed by atoms with Gasteiger partial charge in [-0.1, -0.05) is 17.7 Å². The highest BCUT2D eigenvalue weighted by Gasteiger charge is 2.15. The van der Waals surface area contributed by atoms with Crippen molar-refractivity contribution in [2.45, 2.75) is 0 Å². The van der Waals surface area contributed by atoms with Crippen LogP contribution in [0.4, 0.5) is 11.4 Å². The van der Waals surface area contributed by atoms with E-state index in [2.05, 4.69) is 10.6 Å². The third kappa shape index (κ3) is 3.92. The van der Waals surface area contributed by atoms with Gasteiger partial charge in [-0.05, 0) is 54.6 Å². The minimum Gasteiger partial charge on any atom is -0.454 e. The van der Waals surface area contributed by atoms with Gasteiger partial charge in [-0.2, -0.15) is 0 Å². The monoisotopic (exact) mass is 394 g/mol. The number of benzene rings is 3. The minimum absolute atomic E-state index is 0.172. The smallest absolute Gasteiger partial charge is 0.255 e. The third-order valence-electron chi connectivity index (χ3n) is 4.12. The van der Waals surface area contributed by atoms with E-state index in [1.54, 1.807) is 66.7 Å². The predicted molar refractivity (Wildman–Crippen MR) is 106 cm³/mol. The lowest BCUT2D eigenvalue weighted by atomic mass is 10.1. The first-order chi connectivity index (χ1) is 13.6. The van der Waals surface area contributed by atoms with Crippen LogP contribution in [0.2, 0.25) is 5.02 Å². The molecule has 4 rings (SSSR count). The molecule has 0 bridgehead atoms. The van der Waals surface area contributed by atoms with Crippen molar-refractivity contribution in [3.63, 3.8) is 0 Å². The number of carbonyl (C=O) groups excluding carboxylic acids is 2. The molecule has 140 valence electrons. The van der Waals surface area contributed by atoms with E-state index in [9.17, 15) is 9.59 Å². The average Bonchev–Trinajstić information content (AvgIpc) is 3.16. The molecule has 1 aliphatic rings. The van der Waals surface area contributed by atoms with E-state index in [1.807, 2.05) is 0 Å². The number of ether oxygens (including phenoxy) is 2. The van der Waals surface area contributed by atoms with Crippen molar-refractivity contribution in [3.8, 4) is 11.5 Å². The molecular formula is C21H15ClN2O4. The van der Waals surface area contributed by atoms with Gasteiger partial charge in [-0.25, -0.2) is 0 Å². The topological polar surface area (TPSA) is 76.7 Å². The largest absolute Gasteiger partial charge is 0.454 e. The number of hydrogen-bond acceptors (Lipinski definition) is 4. The number of halogens is 1. The molecule has 1 heterocycles. The average molecular weight is 395 g/mol. The Morgan fingerprint density at radius 2 is 1.36 bits per heavy atom. The number of fused-ring (bicyclic) bond motifs is 1. The van der Waals surface area contributed by atoms with Crippen LogP contribution in [0, 0.1) is 0 Å². The lowest BCUT2D eigenvalue weighted by molar-refractivity contribution is 0.101. The zero-order valence-electron chi connectivity index (χ0n) is 14.6. The first-order valence-electron chi connectivity index (χ1n) is 8.46. The van der Waals surface area contributed by atoms with Crippen molar-refractivity contribution in [2.24, 2.45) is 0 Å². The Labute approximate surface area is 166 Å². The molecular weight excluding hydrogens is 380 g/mol. The Hall–Kier alpha value is -3.51. The maximum absolute atomic E-state index is 12.4. The third-order valence-corrected chi connectivity index (χ3v) is 4.36. The summed E-state index contributed by atoms with van der Waals surface area (Å²) in [6.07, 6.45) is 0. The SMILES string of the molecule is O=C(Nc1cccc(Cl)c1)c1ccc(C(=O)Nc2ccc3c(c2)OCO3)cc1. The summed E-state index contributed by atoms with van der Waals surface area (Å²) in [6.45, 7) is 0.172. The molecule has 3 aromatic rings. The molecule has 7 heteroatoms. The molecule has 28 heavy (non-hydrogen) atoms. The van der Waals surface area contributed by atoms with Gasteiger partial charge in [0, 0.05) is 33.6 Å². The van der Waals surface area contributed by atoms with Crippen LogP contribution in [0.15, 0.2) is 66.7 Å². The molecule has 0 saturated heterocycles. The van der Waals surface area contributed by atoms with Crippen LogP contribution < -0.4 is 20.1 Å². The van der Waals surface area contributed by atoms with E-state index in [4.69, 9.17) is 21.1 Å². The second-order valence-electron chi connectivity index (χ2n) is 6.06. The normalized spacial score (nSPS) is 11.8. The molecule has 6 nitrogen and oxygen atoms in total. The summed E-state index contributed by atoms with van der Waals surface area (Å²) < 4.78 is 10.5. The molecule has 2 N–H and O–H groups in total. The fourth-order valence-electron chi connectivity index (χ4n) is 2.72. The van der Waals surface area contributed by atoms with Crippen LogP contribution in [-0.2, 0) is 0 Å². The molecule has 0 aromatic heterocycles. The first kappa shape index (κ1) is 17.9. The van der Waals surface area contributed by atoms with Crippen LogP contribution in [0.5, 0.6) is 11.5 Å². The van der Waals surface area contributed by atoms with Crippen LogP contribution in [0.3, 0.4) is 0 Å². The zero-order chi connectivity index (χ0) is 19.5. The van der Waals surface area contributed by atoms with Gasteiger partial charge in [-0.15, -0.1) is 0 Å². The second kappa shape index (κ2) is 7.62. The van der Waals surface area contributed by atoms with Gasteiger partial charge in [0.15, 0.2) is 11.5 Å². The zero-order valence-corrected chi connectivity index (χ0v) is 15.3. The van der Waals surface area contributed by atoms with Crippen molar-refractivity contribution in [3.05, 3.63) is 82.9 Å². The van der Waals surface area contributed by atoms with Crippen molar-refractivity contribution in [1.82, 2.24) is 0 Å². The quantitative estimate of drug-likeness (QED) is 0.679. The van der Waals surface area contributed by atoms with Crippen LogP contribution in [0.25, 0.3) is 0 Å². The van der Waals surface area contributed by atoms with E-state index < -0.39 is 0 Å². The molecule has 0 fully saturated rings. The van der Waals surface area contributed by atoms with Gasteiger partial charge in [0.25, 0.3) is 11.8 Å². The number of amides is 2. The highest BCUT2D eigenvalue weighted by molar-refractivity contribution is 6.31. The molecule has 0 atom stereocenters. The van der Waals surface area contributed by atoms with Gasteiger partial charge < -0.3 is 20.1 Å². The molecule has 2 amide bonds. The maximum Gasteiger partial charge on any atom is 0.255 e. The summed E-state index contributed by atoms with van der Waals surface area (Å²) >= 11 is 5.92. The van der Waals surface area contributed by atoms with Gasteiger partial charge in [0.2, 0.25) is 6.79 Å². The Balaban J connectivity index is 1.42. The molecule has 3 aromatic carbocycles. The van der Waals surface area contributed by atoms with E-state index in [0.717, 1.165) is 0 Å². The van der Waals surface area contributed by atoms with E-state index >= 15 is 0 Å². The molecule has 1 aliphatic heterocycles. The lowest BCUT2D eigenvalue weighted by Gasteiger charge is -2.08. The molecule has 0 spiro atoms. The Bertz CT molecular complexity index is 1050. The fraction of sp³-hybridized carbons (Fsp3) is 0.0476. The highest BCUT2D eigenvalue weighted by Crippen LogP contribution is 2.34. The van der Waals surface area contributed by atoms with Crippen molar-refractivity contribution in [2.75, 3.05) is 17.4 Å². The van der Waals surface area contributed by atoms with E-state index in [1.165, 1.54) is 0 Å². The number of hydrogen-bond donors (Lipinski definition) is 2. The van der Waals surface area contributed by atoms with Crippen molar-refractivity contribution in [1.29, 1.82) is 0 Å². The maximum atomic E-state index is 12.4. The van der Waals surface area contributed by atoms with Gasteiger partial charge in [0.1, 0.15) is 0 Å². The number of anilines is 2. The lowest BCUT2D eigenvalue weighted by Crippen LogP contribution is -2.14. The second-order valence-corrected chi connectivity index (χ2v) is 6.50. The van der Waals surface area contributed by atoms with Gasteiger partial charge >= 0.3 is 0 Å². The number of nitrogens with one attached hydrogen (secondary N) is 2. The molecule has 0 radical (unpaired) electrons. The van der Waals surface area contributed by atoms with Crippen LogP contribution in [0.1, 0.15) is 20.7 Å². The summed E-state index contributed by atoms with van der Waals surface area (Å²) in [4.78, 5) is 24.8. The molecule has 0 saturated carbocycles. The van der Waals surface area contributed by atoms with Crippen molar-refractivity contribution < 1.29 is 19.1 Å². The number of carbonyl (C=O) groups is 2. The Kier molecular flexibility index (Phi) is 4.87. The predicted octanol–water partition coefficient (Wildman–Crippen LogP) is 4.57. The summed E-state index contributed by atoms with van der Waals surface area (Å²) in [6, 6.07) is 18.4. The molecule has 0 aliphatic carbocycles. The van der Waals surface area contributed by atoms with Crippen molar-refractivity contribution >= 4 is 34.8 Å². The Morgan fingerprint density at radius 3 is 2.00 bits per heavy atom. The van der Waals surface area contributed by atoms with Crippen LogP contribution >= 0.6 is 11.6 Å².